The van der Waals surface area contributed by atoms with E-state index in [4.69, 9.17) is 0 Å². The van der Waals surface area contributed by atoms with E-state index in [1.54, 1.807) is 0 Å². The molecule has 7 heteroatoms. The van der Waals surface area contributed by atoms with E-state index in [1.165, 1.54) is 29.5 Å². The van der Waals surface area contributed by atoms with Gasteiger partial charge in [0.05, 0.1) is 12.2 Å². The van der Waals surface area contributed by atoms with Crippen LogP contribution in [0.1, 0.15) is 10.4 Å². The molecule has 2 N–H and O–H groups in total. The maximum Gasteiger partial charge on any atom is 0.251 e. The number of rotatable bonds is 5. The van der Waals surface area contributed by atoms with Crippen molar-refractivity contribution in [1.82, 2.24) is 10.3 Å². The van der Waals surface area contributed by atoms with Crippen LogP contribution in [0.2, 0.25) is 0 Å². The Kier molecular flexibility index (Phi) is 5.31. The van der Waals surface area contributed by atoms with Crippen LogP contribution in [-0.2, 0) is 4.79 Å². The van der Waals surface area contributed by atoms with E-state index in [2.05, 4.69) is 21.7 Å². The highest BCUT2D eigenvalue weighted by Crippen LogP contribution is 2.27. The van der Waals surface area contributed by atoms with Gasteiger partial charge in [-0.15, -0.1) is 11.3 Å². The highest BCUT2D eigenvalue weighted by Gasteiger charge is 2.11. The molecule has 0 unspecified atom stereocenters. The SMILES string of the molecule is O=C(CNC(=O)c1cccc(F)c1)Nc1nc(-c2ccc3ccccc3c2)cs1. The monoisotopic (exact) mass is 405 g/mol. The number of carbonyl (C=O) groups is 2. The molecule has 0 saturated carbocycles. The Morgan fingerprint density at radius 1 is 0.966 bits per heavy atom. The van der Waals surface area contributed by atoms with E-state index in [9.17, 15) is 14.0 Å². The molecule has 4 aromatic rings. The average Bonchev–Trinajstić information content (AvgIpc) is 3.20. The van der Waals surface area contributed by atoms with Crippen molar-refractivity contribution in [2.75, 3.05) is 11.9 Å². The summed E-state index contributed by atoms with van der Waals surface area (Å²) in [5, 5.41) is 9.70. The molecular weight excluding hydrogens is 389 g/mol. The van der Waals surface area contributed by atoms with Gasteiger partial charge in [0.1, 0.15) is 5.82 Å². The van der Waals surface area contributed by atoms with Crippen molar-refractivity contribution in [2.24, 2.45) is 0 Å². The summed E-state index contributed by atoms with van der Waals surface area (Å²) in [5.41, 5.74) is 1.88. The Bertz CT molecular complexity index is 1210. The molecule has 3 aromatic carbocycles. The van der Waals surface area contributed by atoms with Crippen LogP contribution in [0.25, 0.3) is 22.0 Å². The van der Waals surface area contributed by atoms with Gasteiger partial charge in [-0.1, -0.05) is 42.5 Å². The van der Waals surface area contributed by atoms with E-state index in [0.717, 1.165) is 28.1 Å². The van der Waals surface area contributed by atoms with Crippen molar-refractivity contribution in [3.63, 3.8) is 0 Å². The molecule has 4 rings (SSSR count). The van der Waals surface area contributed by atoms with Crippen molar-refractivity contribution < 1.29 is 14.0 Å². The molecule has 2 amide bonds. The van der Waals surface area contributed by atoms with Crippen LogP contribution in [0.4, 0.5) is 9.52 Å². The molecule has 0 saturated heterocycles. The van der Waals surface area contributed by atoms with E-state index < -0.39 is 17.6 Å². The number of nitrogens with one attached hydrogen (secondary N) is 2. The van der Waals surface area contributed by atoms with Gasteiger partial charge in [-0.25, -0.2) is 9.37 Å². The van der Waals surface area contributed by atoms with Gasteiger partial charge in [0.15, 0.2) is 5.13 Å². The van der Waals surface area contributed by atoms with Gasteiger partial charge in [-0.05, 0) is 35.0 Å². The highest BCUT2D eigenvalue weighted by atomic mass is 32.1. The van der Waals surface area contributed by atoms with Crippen molar-refractivity contribution in [1.29, 1.82) is 0 Å². The molecule has 0 aliphatic carbocycles. The molecule has 0 aliphatic heterocycles. The fourth-order valence-electron chi connectivity index (χ4n) is 2.87. The Balaban J connectivity index is 1.38. The molecule has 0 atom stereocenters. The third-order valence-electron chi connectivity index (χ3n) is 4.29. The Hall–Kier alpha value is -3.58. The minimum atomic E-state index is -0.518. The van der Waals surface area contributed by atoms with Crippen LogP contribution < -0.4 is 10.6 Å². The molecule has 1 aromatic heterocycles. The van der Waals surface area contributed by atoms with Gasteiger partial charge >= 0.3 is 0 Å². The number of anilines is 1. The summed E-state index contributed by atoms with van der Waals surface area (Å²) in [4.78, 5) is 28.5. The molecule has 0 spiro atoms. The molecular formula is C22H16FN3O2S. The number of benzene rings is 3. The smallest absolute Gasteiger partial charge is 0.251 e. The minimum absolute atomic E-state index is 0.158. The molecule has 0 aliphatic rings. The summed E-state index contributed by atoms with van der Waals surface area (Å²) in [6.07, 6.45) is 0. The molecule has 29 heavy (non-hydrogen) atoms. The second-order valence-electron chi connectivity index (χ2n) is 6.34. The lowest BCUT2D eigenvalue weighted by Gasteiger charge is -2.05. The van der Waals surface area contributed by atoms with Gasteiger partial charge < -0.3 is 10.6 Å². The lowest BCUT2D eigenvalue weighted by Crippen LogP contribution is -2.32. The number of nitrogens with zero attached hydrogens (tertiary/aromatic N) is 1. The van der Waals surface area contributed by atoms with Gasteiger partial charge in [0.25, 0.3) is 5.91 Å². The number of hydrogen-bond acceptors (Lipinski definition) is 4. The zero-order chi connectivity index (χ0) is 20.2. The van der Waals surface area contributed by atoms with E-state index in [1.807, 2.05) is 41.8 Å². The van der Waals surface area contributed by atoms with Crippen molar-refractivity contribution in [3.05, 3.63) is 83.5 Å². The molecule has 0 bridgehead atoms. The summed E-state index contributed by atoms with van der Waals surface area (Å²) in [6.45, 7) is -0.236. The second-order valence-corrected chi connectivity index (χ2v) is 7.20. The predicted octanol–water partition coefficient (Wildman–Crippen LogP) is 4.47. The zero-order valence-electron chi connectivity index (χ0n) is 15.2. The third kappa shape index (κ3) is 4.47. The average molecular weight is 405 g/mol. The number of hydrogen-bond donors (Lipinski definition) is 2. The van der Waals surface area contributed by atoms with Crippen LogP contribution in [0.15, 0.2) is 72.1 Å². The summed E-state index contributed by atoms with van der Waals surface area (Å²) >= 11 is 1.31. The maximum absolute atomic E-state index is 13.2. The first-order chi connectivity index (χ1) is 14.1. The lowest BCUT2D eigenvalue weighted by atomic mass is 10.1. The maximum atomic E-state index is 13.2. The lowest BCUT2D eigenvalue weighted by molar-refractivity contribution is -0.115. The van der Waals surface area contributed by atoms with E-state index in [-0.39, 0.29) is 12.1 Å². The van der Waals surface area contributed by atoms with E-state index in [0.29, 0.717) is 5.13 Å². The summed E-state index contributed by atoms with van der Waals surface area (Å²) in [6, 6.07) is 19.4. The molecule has 144 valence electrons. The van der Waals surface area contributed by atoms with Gasteiger partial charge in [0.2, 0.25) is 5.91 Å². The first-order valence-electron chi connectivity index (χ1n) is 8.87. The number of aromatic nitrogens is 1. The van der Waals surface area contributed by atoms with Gasteiger partial charge in [-0.2, -0.15) is 0 Å². The quantitative estimate of drug-likeness (QED) is 0.515. The highest BCUT2D eigenvalue weighted by molar-refractivity contribution is 7.14. The fraction of sp³-hybridized carbons (Fsp3) is 0.0455. The van der Waals surface area contributed by atoms with Crippen molar-refractivity contribution in [3.8, 4) is 11.3 Å². The van der Waals surface area contributed by atoms with Crippen LogP contribution in [0.5, 0.6) is 0 Å². The third-order valence-corrected chi connectivity index (χ3v) is 5.05. The predicted molar refractivity (Wildman–Crippen MR) is 112 cm³/mol. The first kappa shape index (κ1) is 18.8. The number of thiazole rings is 1. The van der Waals surface area contributed by atoms with E-state index >= 15 is 0 Å². The minimum Gasteiger partial charge on any atom is -0.343 e. The molecule has 0 fully saturated rings. The number of carbonyl (C=O) groups excluding carboxylic acids is 2. The largest absolute Gasteiger partial charge is 0.343 e. The van der Waals surface area contributed by atoms with Gasteiger partial charge in [0, 0.05) is 16.5 Å². The van der Waals surface area contributed by atoms with Crippen LogP contribution in [0, 0.1) is 5.82 Å². The molecule has 0 radical (unpaired) electrons. The normalized spacial score (nSPS) is 10.7. The van der Waals surface area contributed by atoms with Crippen LogP contribution in [-0.4, -0.2) is 23.3 Å². The Labute approximate surface area is 170 Å². The first-order valence-corrected chi connectivity index (χ1v) is 9.75. The Morgan fingerprint density at radius 2 is 1.79 bits per heavy atom. The summed E-state index contributed by atoms with van der Waals surface area (Å²) in [5.74, 6) is -1.43. The molecule has 5 nitrogen and oxygen atoms in total. The van der Waals surface area contributed by atoms with Gasteiger partial charge in [-0.3, -0.25) is 9.59 Å². The fourth-order valence-corrected chi connectivity index (χ4v) is 3.60. The van der Waals surface area contributed by atoms with Crippen LogP contribution >= 0.6 is 11.3 Å². The molecule has 1 heterocycles. The Morgan fingerprint density at radius 3 is 2.62 bits per heavy atom. The topological polar surface area (TPSA) is 71.1 Å². The second kappa shape index (κ2) is 8.20. The summed E-state index contributed by atoms with van der Waals surface area (Å²) in [7, 11) is 0. The number of fused-ring (bicyclic) bond motifs is 1. The van der Waals surface area contributed by atoms with Crippen molar-refractivity contribution in [2.45, 2.75) is 0 Å². The standard InChI is InChI=1S/C22H16FN3O2S/c23-18-7-3-6-17(11-18)21(28)24-12-20(27)26-22-25-19(13-29-22)16-9-8-14-4-1-2-5-15(14)10-16/h1-11,13H,12H2,(H,24,28)(H,25,26,27). The zero-order valence-corrected chi connectivity index (χ0v) is 16.0. The van der Waals surface area contributed by atoms with Crippen molar-refractivity contribution >= 4 is 39.1 Å². The van der Waals surface area contributed by atoms with Crippen LogP contribution in [0.3, 0.4) is 0 Å². The summed E-state index contributed by atoms with van der Waals surface area (Å²) < 4.78 is 13.2. The number of amides is 2. The number of halogens is 1.